The molecule has 5 heteroatoms. The first kappa shape index (κ1) is 12.6. The average Bonchev–Trinajstić information content (AvgIpc) is 2.95. The van der Waals surface area contributed by atoms with Crippen molar-refractivity contribution >= 4 is 44.5 Å². The lowest BCUT2D eigenvalue weighted by molar-refractivity contribution is -0.112. The van der Waals surface area contributed by atoms with Crippen molar-refractivity contribution in [3.8, 4) is 5.75 Å². The minimum absolute atomic E-state index is 0.136. The Morgan fingerprint density at radius 1 is 1.14 bits per heavy atom. The molecular formula is C16H8ClNO2S. The van der Waals surface area contributed by atoms with E-state index in [1.165, 1.54) is 11.3 Å². The van der Waals surface area contributed by atoms with Crippen LogP contribution in [0.4, 0.5) is 0 Å². The molecule has 1 aliphatic rings. The third-order valence-corrected chi connectivity index (χ3v) is 4.87. The molecule has 102 valence electrons. The van der Waals surface area contributed by atoms with Crippen molar-refractivity contribution in [2.75, 3.05) is 0 Å². The zero-order valence-electron chi connectivity index (χ0n) is 10.6. The van der Waals surface area contributed by atoms with Gasteiger partial charge >= 0.3 is 0 Å². The van der Waals surface area contributed by atoms with E-state index in [9.17, 15) is 9.90 Å². The maximum Gasteiger partial charge on any atom is 0.279 e. The second-order valence-corrected chi connectivity index (χ2v) is 6.22. The number of carbonyl (C=O) groups is 1. The van der Waals surface area contributed by atoms with E-state index in [-0.39, 0.29) is 11.7 Å². The van der Waals surface area contributed by atoms with Gasteiger partial charge in [0.2, 0.25) is 0 Å². The Bertz CT molecular complexity index is 1040. The molecule has 0 aliphatic carbocycles. The molecule has 1 amide bonds. The number of hydrogen-bond donors (Lipinski definition) is 1. The molecule has 0 saturated carbocycles. The average molecular weight is 314 g/mol. The summed E-state index contributed by atoms with van der Waals surface area (Å²) in [5, 5.41) is 13.0. The summed E-state index contributed by atoms with van der Waals surface area (Å²) in [5.41, 5.74) is 0.445. The van der Waals surface area contributed by atoms with Crippen molar-refractivity contribution in [1.82, 2.24) is 0 Å². The summed E-state index contributed by atoms with van der Waals surface area (Å²) in [4.78, 5) is 16.8. The Morgan fingerprint density at radius 2 is 1.95 bits per heavy atom. The lowest BCUT2D eigenvalue weighted by Crippen LogP contribution is -2.22. The number of rotatable bonds is 1. The summed E-state index contributed by atoms with van der Waals surface area (Å²) in [7, 11) is 0. The van der Waals surface area contributed by atoms with Crippen LogP contribution < -0.4 is 10.6 Å². The molecular weight excluding hydrogens is 306 g/mol. The molecule has 2 heterocycles. The van der Waals surface area contributed by atoms with Crippen molar-refractivity contribution in [2.24, 2.45) is 4.99 Å². The number of carbonyl (C=O) groups excluding carboxylic acids is 1. The molecule has 0 unspecified atom stereocenters. The molecule has 1 N–H and O–H groups in total. The smallest absolute Gasteiger partial charge is 0.279 e. The number of aromatic hydroxyl groups is 1. The molecule has 3 aromatic rings. The van der Waals surface area contributed by atoms with E-state index in [2.05, 4.69) is 4.99 Å². The van der Waals surface area contributed by atoms with Crippen molar-refractivity contribution in [3.05, 3.63) is 62.9 Å². The highest BCUT2D eigenvalue weighted by Crippen LogP contribution is 2.40. The number of hydrogen-bond acceptors (Lipinski definition) is 3. The van der Waals surface area contributed by atoms with E-state index in [1.807, 2.05) is 24.3 Å². The standard InChI is InChI=1S/C16H8ClNO2S/c17-8-5-6-9-11(7-8)18-16(20)13(9)15-14(19)10-3-1-2-4-12(10)21-15/h1-7,19H. The predicted octanol–water partition coefficient (Wildman–Crippen LogP) is 2.62. The summed E-state index contributed by atoms with van der Waals surface area (Å²) in [6, 6.07) is 12.7. The lowest BCUT2D eigenvalue weighted by atomic mass is 10.1. The summed E-state index contributed by atoms with van der Waals surface area (Å²) >= 11 is 7.32. The molecule has 3 nitrogen and oxygen atoms in total. The van der Waals surface area contributed by atoms with Gasteiger partial charge in [0, 0.05) is 20.3 Å². The summed E-state index contributed by atoms with van der Waals surface area (Å²) < 4.78 is 0.938. The maximum atomic E-state index is 12.2. The van der Waals surface area contributed by atoms with Gasteiger partial charge in [-0.2, -0.15) is 0 Å². The van der Waals surface area contributed by atoms with Crippen LogP contribution in [0.5, 0.6) is 5.75 Å². The highest BCUT2D eigenvalue weighted by Gasteiger charge is 2.24. The van der Waals surface area contributed by atoms with Crippen LogP contribution in [0.3, 0.4) is 0 Å². The molecule has 0 atom stereocenters. The van der Waals surface area contributed by atoms with E-state index in [1.54, 1.807) is 18.2 Å². The van der Waals surface area contributed by atoms with E-state index >= 15 is 0 Å². The van der Waals surface area contributed by atoms with Gasteiger partial charge in [-0.25, -0.2) is 4.99 Å². The Hall–Kier alpha value is -2.17. The summed E-state index contributed by atoms with van der Waals surface area (Å²) in [6.07, 6.45) is 0. The topological polar surface area (TPSA) is 49.7 Å². The van der Waals surface area contributed by atoms with Crippen LogP contribution in [0.25, 0.3) is 15.7 Å². The molecule has 1 aliphatic heterocycles. The van der Waals surface area contributed by atoms with Gasteiger partial charge in [-0.1, -0.05) is 29.8 Å². The molecule has 4 rings (SSSR count). The zero-order chi connectivity index (χ0) is 14.6. The third-order valence-electron chi connectivity index (χ3n) is 3.46. The Kier molecular flexibility index (Phi) is 2.64. The first-order valence-corrected chi connectivity index (χ1v) is 7.48. The molecule has 0 fully saturated rings. The van der Waals surface area contributed by atoms with Crippen molar-refractivity contribution in [2.45, 2.75) is 0 Å². The fraction of sp³-hybridized carbons (Fsp3) is 0. The highest BCUT2D eigenvalue weighted by molar-refractivity contribution is 7.20. The second kappa shape index (κ2) is 4.41. The van der Waals surface area contributed by atoms with Crippen LogP contribution in [0, 0.1) is 0 Å². The van der Waals surface area contributed by atoms with Crippen molar-refractivity contribution in [1.29, 1.82) is 0 Å². The minimum atomic E-state index is -0.339. The van der Waals surface area contributed by atoms with E-state index in [0.717, 1.165) is 10.1 Å². The normalized spacial score (nSPS) is 13.6. The van der Waals surface area contributed by atoms with Crippen LogP contribution in [-0.4, -0.2) is 11.0 Å². The Labute approximate surface area is 128 Å². The molecule has 2 aromatic carbocycles. The number of nitrogens with zero attached hydrogens (tertiary/aromatic N) is 1. The molecule has 21 heavy (non-hydrogen) atoms. The van der Waals surface area contributed by atoms with Crippen molar-refractivity contribution < 1.29 is 9.90 Å². The third kappa shape index (κ3) is 1.80. The number of thiophene rings is 1. The van der Waals surface area contributed by atoms with Crippen LogP contribution in [0.15, 0.2) is 47.5 Å². The fourth-order valence-electron chi connectivity index (χ4n) is 2.51. The van der Waals surface area contributed by atoms with E-state index in [4.69, 9.17) is 11.6 Å². The van der Waals surface area contributed by atoms with E-state index in [0.29, 0.717) is 26.0 Å². The Balaban J connectivity index is 2.11. The highest BCUT2D eigenvalue weighted by atomic mass is 35.5. The van der Waals surface area contributed by atoms with Crippen LogP contribution >= 0.6 is 22.9 Å². The van der Waals surface area contributed by atoms with Crippen LogP contribution in [0.1, 0.15) is 4.88 Å². The van der Waals surface area contributed by atoms with Gasteiger partial charge in [0.1, 0.15) is 5.75 Å². The first-order valence-electron chi connectivity index (χ1n) is 6.29. The van der Waals surface area contributed by atoms with Crippen LogP contribution in [0.2, 0.25) is 5.02 Å². The van der Waals surface area contributed by atoms with Crippen molar-refractivity contribution in [3.63, 3.8) is 0 Å². The second-order valence-electron chi connectivity index (χ2n) is 4.73. The quantitative estimate of drug-likeness (QED) is 0.751. The summed E-state index contributed by atoms with van der Waals surface area (Å²) in [5.74, 6) is -0.203. The lowest BCUT2D eigenvalue weighted by Gasteiger charge is -1.97. The van der Waals surface area contributed by atoms with E-state index < -0.39 is 0 Å². The number of halogens is 1. The van der Waals surface area contributed by atoms with Gasteiger partial charge < -0.3 is 5.11 Å². The number of benzene rings is 2. The molecule has 0 bridgehead atoms. The predicted molar refractivity (Wildman–Crippen MR) is 83.2 cm³/mol. The van der Waals surface area contributed by atoms with Crippen LogP contribution in [-0.2, 0) is 4.79 Å². The zero-order valence-corrected chi connectivity index (χ0v) is 12.2. The largest absolute Gasteiger partial charge is 0.506 e. The SMILES string of the molecule is O=C1N=c2cc(Cl)ccc2=C1c1sc2ccccc2c1O. The molecule has 1 aromatic heterocycles. The first-order chi connectivity index (χ1) is 10.1. The fourth-order valence-corrected chi connectivity index (χ4v) is 3.82. The maximum absolute atomic E-state index is 12.2. The molecule has 0 spiro atoms. The monoisotopic (exact) mass is 313 g/mol. The minimum Gasteiger partial charge on any atom is -0.506 e. The molecule has 0 saturated heterocycles. The van der Waals surface area contributed by atoms with Gasteiger partial charge in [0.25, 0.3) is 5.91 Å². The van der Waals surface area contributed by atoms with Gasteiger partial charge in [0.05, 0.1) is 15.8 Å². The van der Waals surface area contributed by atoms with Gasteiger partial charge in [0.15, 0.2) is 0 Å². The number of fused-ring (bicyclic) bond motifs is 2. The van der Waals surface area contributed by atoms with Gasteiger partial charge in [-0.3, -0.25) is 4.79 Å². The molecule has 0 radical (unpaired) electrons. The Morgan fingerprint density at radius 3 is 2.76 bits per heavy atom. The number of amides is 1. The van der Waals surface area contributed by atoms with Gasteiger partial charge in [-0.15, -0.1) is 11.3 Å². The van der Waals surface area contributed by atoms with Gasteiger partial charge in [-0.05, 0) is 24.3 Å². The summed E-state index contributed by atoms with van der Waals surface area (Å²) in [6.45, 7) is 0.